The SMILES string of the molecule is CCOc1ccccc1N1C(=O)NC(=O)/C(=C\c2cccn2-c2cccc([N+](=O)[O-])c2)C1=O. The van der Waals surface area contributed by atoms with Gasteiger partial charge in [0.1, 0.15) is 11.3 Å². The number of nitro benzene ring substituents is 1. The minimum atomic E-state index is -0.886. The molecular formula is C23H18N4O6. The molecule has 2 aromatic carbocycles. The van der Waals surface area contributed by atoms with Gasteiger partial charge in [-0.1, -0.05) is 18.2 Å². The van der Waals surface area contributed by atoms with Gasteiger partial charge < -0.3 is 9.30 Å². The average molecular weight is 446 g/mol. The molecule has 166 valence electrons. The van der Waals surface area contributed by atoms with Crippen LogP contribution in [-0.4, -0.2) is 33.9 Å². The number of nitrogens with one attached hydrogen (secondary N) is 1. The molecule has 1 aliphatic heterocycles. The molecule has 0 bridgehead atoms. The molecule has 4 amide bonds. The van der Waals surface area contributed by atoms with Crippen LogP contribution in [-0.2, 0) is 9.59 Å². The number of para-hydroxylation sites is 2. The van der Waals surface area contributed by atoms with Gasteiger partial charge in [-0.25, -0.2) is 9.69 Å². The van der Waals surface area contributed by atoms with Crippen molar-refractivity contribution in [2.45, 2.75) is 6.92 Å². The van der Waals surface area contributed by atoms with Crippen LogP contribution in [0.5, 0.6) is 5.75 Å². The third-order valence-electron chi connectivity index (χ3n) is 4.90. The fraction of sp³-hybridized carbons (Fsp3) is 0.0870. The first-order chi connectivity index (χ1) is 15.9. The van der Waals surface area contributed by atoms with Gasteiger partial charge in [-0.3, -0.25) is 25.0 Å². The third kappa shape index (κ3) is 4.09. The van der Waals surface area contributed by atoms with Gasteiger partial charge >= 0.3 is 6.03 Å². The number of nitro groups is 1. The molecule has 0 radical (unpaired) electrons. The number of carbonyl (C=O) groups is 3. The number of benzene rings is 2. The molecule has 0 saturated carbocycles. The Morgan fingerprint density at radius 2 is 1.85 bits per heavy atom. The molecule has 4 rings (SSSR count). The number of carbonyl (C=O) groups excluding carboxylic acids is 3. The first kappa shape index (κ1) is 21.5. The molecule has 10 nitrogen and oxygen atoms in total. The number of amides is 4. The number of hydrogen-bond donors (Lipinski definition) is 1. The molecule has 1 aromatic heterocycles. The standard InChI is InChI=1S/C23H18N4O6/c1-2-33-20-11-4-3-10-19(20)26-22(29)18(21(28)24-23(26)30)14-16-9-6-12-25(16)15-7-5-8-17(13-15)27(31)32/h3-14H,2H2,1H3,(H,24,28,30)/b18-14+. The van der Waals surface area contributed by atoms with E-state index in [9.17, 15) is 24.5 Å². The lowest BCUT2D eigenvalue weighted by Crippen LogP contribution is -2.54. The molecule has 33 heavy (non-hydrogen) atoms. The van der Waals surface area contributed by atoms with Crippen LogP contribution in [0.25, 0.3) is 11.8 Å². The number of hydrogen-bond acceptors (Lipinski definition) is 6. The summed E-state index contributed by atoms with van der Waals surface area (Å²) in [4.78, 5) is 49.8. The van der Waals surface area contributed by atoms with Crippen molar-refractivity contribution in [1.82, 2.24) is 9.88 Å². The lowest BCUT2D eigenvalue weighted by molar-refractivity contribution is -0.384. The zero-order valence-corrected chi connectivity index (χ0v) is 17.4. The van der Waals surface area contributed by atoms with Crippen LogP contribution >= 0.6 is 0 Å². The maximum atomic E-state index is 13.2. The molecule has 1 saturated heterocycles. The topological polar surface area (TPSA) is 124 Å². The Bertz CT molecular complexity index is 1310. The fourth-order valence-corrected chi connectivity index (χ4v) is 3.45. The van der Waals surface area contributed by atoms with Crippen LogP contribution in [0.4, 0.5) is 16.2 Å². The van der Waals surface area contributed by atoms with Gasteiger partial charge in [-0.2, -0.15) is 0 Å². The summed E-state index contributed by atoms with van der Waals surface area (Å²) in [6, 6.07) is 14.9. The van der Waals surface area contributed by atoms with E-state index in [1.54, 1.807) is 60.2 Å². The average Bonchev–Trinajstić information content (AvgIpc) is 3.26. The third-order valence-corrected chi connectivity index (χ3v) is 4.90. The highest BCUT2D eigenvalue weighted by atomic mass is 16.6. The first-order valence-electron chi connectivity index (χ1n) is 9.96. The van der Waals surface area contributed by atoms with E-state index in [1.807, 2.05) is 0 Å². The molecule has 0 atom stereocenters. The van der Waals surface area contributed by atoms with Crippen molar-refractivity contribution in [3.8, 4) is 11.4 Å². The van der Waals surface area contributed by atoms with Crippen LogP contribution in [0.2, 0.25) is 0 Å². The molecular weight excluding hydrogens is 428 g/mol. The molecule has 0 spiro atoms. The van der Waals surface area contributed by atoms with Crippen molar-refractivity contribution in [1.29, 1.82) is 0 Å². The summed E-state index contributed by atoms with van der Waals surface area (Å²) in [5.41, 5.74) is 0.719. The Morgan fingerprint density at radius 1 is 1.06 bits per heavy atom. The molecule has 1 N–H and O–H groups in total. The number of non-ortho nitro benzene ring substituents is 1. The number of nitrogens with zero attached hydrogens (tertiary/aromatic N) is 3. The van der Waals surface area contributed by atoms with E-state index in [0.717, 1.165) is 4.90 Å². The van der Waals surface area contributed by atoms with E-state index in [4.69, 9.17) is 4.74 Å². The first-order valence-corrected chi connectivity index (χ1v) is 9.96. The smallest absolute Gasteiger partial charge is 0.336 e. The van der Waals surface area contributed by atoms with Gasteiger partial charge in [-0.05, 0) is 43.3 Å². The molecule has 1 aliphatic rings. The second-order valence-corrected chi connectivity index (χ2v) is 6.94. The fourth-order valence-electron chi connectivity index (χ4n) is 3.45. The van der Waals surface area contributed by atoms with E-state index < -0.39 is 22.8 Å². The van der Waals surface area contributed by atoms with Gasteiger partial charge in [0, 0.05) is 24.0 Å². The lowest BCUT2D eigenvalue weighted by atomic mass is 10.1. The molecule has 3 aromatic rings. The minimum absolute atomic E-state index is 0.101. The summed E-state index contributed by atoms with van der Waals surface area (Å²) in [6.45, 7) is 2.09. The predicted molar refractivity (Wildman–Crippen MR) is 119 cm³/mol. The Labute approximate surface area is 187 Å². The summed E-state index contributed by atoms with van der Waals surface area (Å²) >= 11 is 0. The van der Waals surface area contributed by atoms with Crippen molar-refractivity contribution in [3.05, 3.63) is 88.2 Å². The van der Waals surface area contributed by atoms with Crippen molar-refractivity contribution >= 4 is 35.3 Å². The van der Waals surface area contributed by atoms with E-state index in [2.05, 4.69) is 5.32 Å². The highest BCUT2D eigenvalue weighted by molar-refractivity contribution is 6.39. The van der Waals surface area contributed by atoms with E-state index >= 15 is 0 Å². The van der Waals surface area contributed by atoms with Crippen LogP contribution in [0, 0.1) is 10.1 Å². The number of rotatable bonds is 6. The molecule has 2 heterocycles. The van der Waals surface area contributed by atoms with Crippen molar-refractivity contribution in [2.75, 3.05) is 11.5 Å². The zero-order valence-electron chi connectivity index (χ0n) is 17.4. The molecule has 1 fully saturated rings. The van der Waals surface area contributed by atoms with Gasteiger partial charge in [-0.15, -0.1) is 0 Å². The maximum Gasteiger partial charge on any atom is 0.336 e. The van der Waals surface area contributed by atoms with Crippen LogP contribution in [0.15, 0.2) is 72.4 Å². The minimum Gasteiger partial charge on any atom is -0.492 e. The Morgan fingerprint density at radius 3 is 2.61 bits per heavy atom. The summed E-state index contributed by atoms with van der Waals surface area (Å²) in [5.74, 6) is -1.35. The van der Waals surface area contributed by atoms with E-state index in [0.29, 0.717) is 23.7 Å². The summed E-state index contributed by atoms with van der Waals surface area (Å²) in [6.07, 6.45) is 2.98. The molecule has 0 unspecified atom stereocenters. The highest BCUT2D eigenvalue weighted by Crippen LogP contribution is 2.31. The predicted octanol–water partition coefficient (Wildman–Crippen LogP) is 3.45. The van der Waals surface area contributed by atoms with Crippen LogP contribution in [0.3, 0.4) is 0 Å². The highest BCUT2D eigenvalue weighted by Gasteiger charge is 2.38. The second-order valence-electron chi connectivity index (χ2n) is 6.94. The number of barbiturate groups is 1. The van der Waals surface area contributed by atoms with Crippen molar-refractivity contribution in [3.63, 3.8) is 0 Å². The molecule has 10 heteroatoms. The van der Waals surface area contributed by atoms with Gasteiger partial charge in [0.2, 0.25) is 0 Å². The summed E-state index contributed by atoms with van der Waals surface area (Å²) in [5, 5.41) is 13.3. The van der Waals surface area contributed by atoms with E-state index in [-0.39, 0.29) is 16.9 Å². The maximum absolute atomic E-state index is 13.2. The monoisotopic (exact) mass is 446 g/mol. The van der Waals surface area contributed by atoms with Gasteiger partial charge in [0.15, 0.2) is 0 Å². The second kappa shape index (κ2) is 8.79. The van der Waals surface area contributed by atoms with Gasteiger partial charge in [0.25, 0.3) is 17.5 Å². The van der Waals surface area contributed by atoms with E-state index in [1.165, 1.54) is 24.3 Å². The number of ether oxygens (including phenoxy) is 1. The number of aromatic nitrogens is 1. The zero-order chi connectivity index (χ0) is 23.5. The van der Waals surface area contributed by atoms with Crippen LogP contribution < -0.4 is 15.0 Å². The summed E-state index contributed by atoms with van der Waals surface area (Å²) < 4.78 is 7.12. The number of anilines is 1. The largest absolute Gasteiger partial charge is 0.492 e. The normalized spacial score (nSPS) is 15.0. The molecule has 0 aliphatic carbocycles. The lowest BCUT2D eigenvalue weighted by Gasteiger charge is -2.27. The Hall–Kier alpha value is -4.73. The van der Waals surface area contributed by atoms with Crippen molar-refractivity contribution < 1.29 is 24.0 Å². The number of imide groups is 2. The summed E-state index contributed by atoms with van der Waals surface area (Å²) in [7, 11) is 0. The Balaban J connectivity index is 1.76. The number of urea groups is 1. The van der Waals surface area contributed by atoms with Crippen LogP contribution in [0.1, 0.15) is 12.6 Å². The van der Waals surface area contributed by atoms with Crippen molar-refractivity contribution in [2.24, 2.45) is 0 Å². The van der Waals surface area contributed by atoms with Gasteiger partial charge in [0.05, 0.1) is 22.9 Å². The quantitative estimate of drug-likeness (QED) is 0.268. The Kier molecular flexibility index (Phi) is 5.73.